The van der Waals surface area contributed by atoms with Crippen molar-refractivity contribution in [2.75, 3.05) is 20.1 Å². The fourth-order valence-electron chi connectivity index (χ4n) is 5.06. The minimum Gasteiger partial charge on any atom is -0.508 e. The van der Waals surface area contributed by atoms with Crippen LogP contribution in [-0.4, -0.2) is 50.6 Å². The quantitative estimate of drug-likeness (QED) is 0.692. The van der Waals surface area contributed by atoms with Crippen molar-refractivity contribution in [2.24, 2.45) is 5.14 Å². The molecule has 3 atom stereocenters. The average Bonchev–Trinajstić information content (AvgIpc) is 2.67. The Balaban J connectivity index is 1.51. The molecule has 0 aromatic heterocycles. The molecule has 7 heteroatoms. The number of primary sulfonamides is 1. The summed E-state index contributed by atoms with van der Waals surface area (Å²) in [6.07, 6.45) is 2.82. The normalized spacial score (nSPS) is 26.9. The molecule has 1 heterocycles. The van der Waals surface area contributed by atoms with E-state index in [1.165, 1.54) is 11.1 Å². The molecule has 1 fully saturated rings. The highest BCUT2D eigenvalue weighted by Crippen LogP contribution is 2.45. The molecule has 6 nitrogen and oxygen atoms in total. The number of aromatic hydroxyl groups is 1. The lowest BCUT2D eigenvalue weighted by atomic mass is 9.61. The molecule has 2 bridgehead atoms. The fraction of sp³-hybridized carbons (Fsp3) is 0.455. The summed E-state index contributed by atoms with van der Waals surface area (Å²) in [5, 5.41) is 19.0. The highest BCUT2D eigenvalue weighted by atomic mass is 32.2. The molecule has 0 radical (unpaired) electrons. The zero-order valence-electron chi connectivity index (χ0n) is 16.9. The van der Waals surface area contributed by atoms with E-state index >= 15 is 0 Å². The number of nitrogens with zero attached hydrogens (tertiary/aromatic N) is 1. The van der Waals surface area contributed by atoms with Crippen LogP contribution < -0.4 is 10.5 Å². The Morgan fingerprint density at radius 1 is 1.24 bits per heavy atom. The minimum absolute atomic E-state index is 0.0268. The second-order valence-corrected chi connectivity index (χ2v) is 10.2. The van der Waals surface area contributed by atoms with E-state index in [0.717, 1.165) is 37.9 Å². The summed E-state index contributed by atoms with van der Waals surface area (Å²) >= 11 is 0. The highest BCUT2D eigenvalue weighted by molar-refractivity contribution is 7.89. The Kier molecular flexibility index (Phi) is 5.19. The van der Waals surface area contributed by atoms with Crippen LogP contribution in [0, 0.1) is 0 Å². The molecule has 1 saturated heterocycles. The van der Waals surface area contributed by atoms with E-state index in [2.05, 4.69) is 30.3 Å². The van der Waals surface area contributed by atoms with Gasteiger partial charge in [0, 0.05) is 17.5 Å². The van der Waals surface area contributed by atoms with Gasteiger partial charge in [-0.2, -0.15) is 0 Å². The molecule has 0 unspecified atom stereocenters. The maximum Gasteiger partial charge on any atom is 0.238 e. The molecule has 0 saturated carbocycles. The number of hydrogen-bond donors (Lipinski definition) is 3. The number of likely N-dealkylation sites (tertiary alicyclic amines) is 1. The average molecular weight is 416 g/mol. The molecule has 4 N–H and O–H groups in total. The second kappa shape index (κ2) is 7.40. The lowest BCUT2D eigenvalue weighted by Gasteiger charge is -2.55. The van der Waals surface area contributed by atoms with Gasteiger partial charge in [0.1, 0.15) is 5.75 Å². The largest absolute Gasteiger partial charge is 0.508 e. The van der Waals surface area contributed by atoms with Gasteiger partial charge >= 0.3 is 0 Å². The van der Waals surface area contributed by atoms with Crippen LogP contribution in [0.5, 0.6) is 5.75 Å². The van der Waals surface area contributed by atoms with Crippen LogP contribution in [-0.2, 0) is 28.3 Å². The molecule has 156 valence electrons. The lowest BCUT2D eigenvalue weighted by molar-refractivity contribution is 0.0663. The maximum atomic E-state index is 11.4. The van der Waals surface area contributed by atoms with E-state index < -0.39 is 10.0 Å². The summed E-state index contributed by atoms with van der Waals surface area (Å²) in [5.74, 6) is 0.330. The van der Waals surface area contributed by atoms with E-state index in [4.69, 9.17) is 5.14 Å². The van der Waals surface area contributed by atoms with Gasteiger partial charge < -0.3 is 15.3 Å². The molecular formula is C22H29N3O3S. The fourth-order valence-corrected chi connectivity index (χ4v) is 5.58. The third-order valence-electron chi connectivity index (χ3n) is 6.79. The topological polar surface area (TPSA) is 95.7 Å². The van der Waals surface area contributed by atoms with E-state index in [0.29, 0.717) is 17.8 Å². The number of nitrogens with two attached hydrogens (primary N) is 1. The van der Waals surface area contributed by atoms with Gasteiger partial charge in [-0.15, -0.1) is 0 Å². The van der Waals surface area contributed by atoms with Gasteiger partial charge in [0.2, 0.25) is 10.0 Å². The number of phenols is 1. The van der Waals surface area contributed by atoms with Crippen molar-refractivity contribution in [3.63, 3.8) is 0 Å². The molecule has 0 amide bonds. The first-order valence-corrected chi connectivity index (χ1v) is 11.6. The molecule has 2 aromatic rings. The Hall–Kier alpha value is -1.93. The van der Waals surface area contributed by atoms with E-state index in [9.17, 15) is 13.5 Å². The molecule has 2 aromatic carbocycles. The first kappa shape index (κ1) is 20.3. The van der Waals surface area contributed by atoms with Crippen molar-refractivity contribution >= 4 is 10.0 Å². The van der Waals surface area contributed by atoms with Crippen LogP contribution in [0.25, 0.3) is 0 Å². The molecule has 0 spiro atoms. The number of sulfonamides is 1. The zero-order valence-corrected chi connectivity index (χ0v) is 17.7. The van der Waals surface area contributed by atoms with Gasteiger partial charge in [-0.05, 0) is 80.4 Å². The third kappa shape index (κ3) is 3.80. The summed E-state index contributed by atoms with van der Waals surface area (Å²) in [7, 11) is -1.46. The van der Waals surface area contributed by atoms with Gasteiger partial charge in [-0.1, -0.05) is 25.1 Å². The zero-order chi connectivity index (χ0) is 20.8. The Labute approximate surface area is 172 Å². The third-order valence-corrected chi connectivity index (χ3v) is 7.72. The molecule has 2 aliphatic rings. The number of benzene rings is 2. The van der Waals surface area contributed by atoms with Gasteiger partial charge in [0.15, 0.2) is 0 Å². The van der Waals surface area contributed by atoms with Crippen LogP contribution in [0.3, 0.4) is 0 Å². The maximum absolute atomic E-state index is 11.4. The number of hydrogen-bond acceptors (Lipinski definition) is 5. The molecule has 1 aliphatic heterocycles. The van der Waals surface area contributed by atoms with Crippen molar-refractivity contribution in [3.05, 3.63) is 59.2 Å². The van der Waals surface area contributed by atoms with Gasteiger partial charge in [0.25, 0.3) is 0 Å². The van der Waals surface area contributed by atoms with Crippen molar-refractivity contribution in [3.8, 4) is 5.75 Å². The summed E-state index contributed by atoms with van der Waals surface area (Å²) in [6.45, 7) is 4.15. The smallest absolute Gasteiger partial charge is 0.238 e. The number of phenolic OH excluding ortho intramolecular Hbond substituents is 1. The molecular weight excluding hydrogens is 386 g/mol. The second-order valence-electron chi connectivity index (χ2n) is 8.63. The summed E-state index contributed by atoms with van der Waals surface area (Å²) < 4.78 is 22.8. The van der Waals surface area contributed by atoms with Gasteiger partial charge in [0.05, 0.1) is 4.90 Å². The van der Waals surface area contributed by atoms with Gasteiger partial charge in [-0.3, -0.25) is 0 Å². The van der Waals surface area contributed by atoms with Gasteiger partial charge in [-0.25, -0.2) is 13.6 Å². The van der Waals surface area contributed by atoms with Crippen LogP contribution >= 0.6 is 0 Å². The van der Waals surface area contributed by atoms with Crippen LogP contribution in [0.4, 0.5) is 0 Å². The molecule has 29 heavy (non-hydrogen) atoms. The number of nitrogens with one attached hydrogen (secondary N) is 1. The van der Waals surface area contributed by atoms with Crippen molar-refractivity contribution in [1.82, 2.24) is 10.2 Å². The molecule has 4 rings (SSSR count). The first-order valence-electron chi connectivity index (χ1n) is 10.1. The number of rotatable bonds is 5. The first-order chi connectivity index (χ1) is 13.7. The van der Waals surface area contributed by atoms with E-state index in [1.54, 1.807) is 18.2 Å². The number of likely N-dealkylation sites (N-methyl/N-ethyl adjacent to an activating group) is 1. The molecule has 1 aliphatic carbocycles. The Bertz CT molecular complexity index is 1010. The predicted molar refractivity (Wildman–Crippen MR) is 114 cm³/mol. The van der Waals surface area contributed by atoms with Crippen molar-refractivity contribution in [1.29, 1.82) is 0 Å². The monoisotopic (exact) mass is 415 g/mol. The van der Waals surface area contributed by atoms with Crippen LogP contribution in [0.2, 0.25) is 0 Å². The van der Waals surface area contributed by atoms with Crippen LogP contribution in [0.15, 0.2) is 47.4 Å². The minimum atomic E-state index is -3.66. The lowest BCUT2D eigenvalue weighted by Crippen LogP contribution is -2.66. The predicted octanol–water partition coefficient (Wildman–Crippen LogP) is 1.76. The standard InChI is InChI=1S/C22H29N3O3S/c1-22-10-12-25(2)20(13-16-5-6-17(26)14-19(16)22)21(22)24-11-9-15-3-7-18(8-4-15)29(23,27)28/h3-8,14,20-21,24,26H,9-13H2,1-2H3,(H2,23,27,28)/t20-,21+,22-/m1/s1. The number of piperidine rings is 1. The summed E-state index contributed by atoms with van der Waals surface area (Å²) in [5.41, 5.74) is 3.64. The summed E-state index contributed by atoms with van der Waals surface area (Å²) in [4.78, 5) is 2.58. The SMILES string of the molecule is CN1CC[C@]2(C)c3cc(O)ccc3C[C@@H]1[C@@H]2NCCc1ccc(S(N)(=O)=O)cc1. The highest BCUT2D eigenvalue weighted by Gasteiger charge is 2.49. The van der Waals surface area contributed by atoms with E-state index in [1.807, 2.05) is 18.2 Å². The summed E-state index contributed by atoms with van der Waals surface area (Å²) in [6, 6.07) is 13.3. The van der Waals surface area contributed by atoms with Crippen molar-refractivity contribution in [2.45, 2.75) is 48.6 Å². The van der Waals surface area contributed by atoms with Crippen LogP contribution in [0.1, 0.15) is 30.0 Å². The van der Waals surface area contributed by atoms with Crippen molar-refractivity contribution < 1.29 is 13.5 Å². The number of fused-ring (bicyclic) bond motifs is 4. The van der Waals surface area contributed by atoms with E-state index in [-0.39, 0.29) is 10.3 Å². The Morgan fingerprint density at radius 3 is 2.66 bits per heavy atom. The Morgan fingerprint density at radius 2 is 1.97 bits per heavy atom.